The van der Waals surface area contributed by atoms with Crippen LogP contribution in [0.5, 0.6) is 0 Å². The number of nitrogens with zero attached hydrogens (tertiary/aromatic N) is 3. The average Bonchev–Trinajstić information content (AvgIpc) is 2.75. The van der Waals surface area contributed by atoms with Gasteiger partial charge in [0.1, 0.15) is 5.82 Å². The number of aromatic amines is 1. The molecule has 2 heterocycles. The van der Waals surface area contributed by atoms with Gasteiger partial charge in [0, 0.05) is 6.04 Å². The van der Waals surface area contributed by atoms with Crippen LogP contribution >= 0.6 is 0 Å². The number of H-pyrrole nitrogens is 1. The molecule has 7 heteroatoms. The second-order valence-electron chi connectivity index (χ2n) is 5.40. The summed E-state index contributed by atoms with van der Waals surface area (Å²) < 4.78 is 0. The van der Waals surface area contributed by atoms with Gasteiger partial charge in [0.25, 0.3) is 0 Å². The topological polar surface area (TPSA) is 105 Å². The Morgan fingerprint density at radius 2 is 2.06 bits per heavy atom. The number of hydrazine groups is 1. The minimum Gasteiger partial charge on any atom is -0.366 e. The normalized spacial score (nSPS) is 13.6. The number of anilines is 2. The summed E-state index contributed by atoms with van der Waals surface area (Å²) in [5.41, 5.74) is 3.23. The van der Waals surface area contributed by atoms with Crippen LogP contribution in [-0.2, 0) is 0 Å². The fraction of sp³-hybridized carbons (Fsp3) is 0.545. The molecule has 0 spiro atoms. The van der Waals surface area contributed by atoms with Crippen molar-refractivity contribution in [3.8, 4) is 0 Å². The predicted molar refractivity (Wildman–Crippen MR) is 72.0 cm³/mol. The van der Waals surface area contributed by atoms with E-state index in [1.807, 2.05) is 0 Å². The molecule has 0 radical (unpaired) electrons. The van der Waals surface area contributed by atoms with Gasteiger partial charge >= 0.3 is 0 Å². The Morgan fingerprint density at radius 3 is 2.67 bits per heavy atom. The largest absolute Gasteiger partial charge is 0.366 e. The molecule has 0 aliphatic carbocycles. The van der Waals surface area contributed by atoms with E-state index in [-0.39, 0.29) is 11.5 Å². The minimum absolute atomic E-state index is 0.122. The van der Waals surface area contributed by atoms with Gasteiger partial charge in [-0.15, -0.1) is 0 Å². The lowest BCUT2D eigenvalue weighted by molar-refractivity contribution is 0.359. The first kappa shape index (κ1) is 12.6. The Bertz CT molecular complexity index is 540. The number of hydrogen-bond donors (Lipinski definition) is 4. The van der Waals surface area contributed by atoms with Crippen LogP contribution in [0, 0.1) is 5.41 Å². The van der Waals surface area contributed by atoms with Crippen LogP contribution in [0.15, 0.2) is 6.20 Å². The van der Waals surface area contributed by atoms with Crippen LogP contribution in [0.3, 0.4) is 0 Å². The van der Waals surface area contributed by atoms with Crippen LogP contribution in [0.25, 0.3) is 11.0 Å². The molecule has 0 fully saturated rings. The van der Waals surface area contributed by atoms with Crippen molar-refractivity contribution >= 4 is 22.8 Å². The van der Waals surface area contributed by atoms with E-state index in [0.717, 1.165) is 11.2 Å². The van der Waals surface area contributed by atoms with Crippen molar-refractivity contribution in [2.45, 2.75) is 33.7 Å². The highest BCUT2D eigenvalue weighted by Crippen LogP contribution is 2.26. The Morgan fingerprint density at radius 1 is 1.33 bits per heavy atom. The van der Waals surface area contributed by atoms with Crippen LogP contribution in [0.2, 0.25) is 0 Å². The highest BCUT2D eigenvalue weighted by molar-refractivity contribution is 5.87. The van der Waals surface area contributed by atoms with E-state index in [1.165, 1.54) is 0 Å². The monoisotopic (exact) mass is 249 g/mol. The lowest BCUT2D eigenvalue weighted by Gasteiger charge is -2.28. The number of fused-ring (bicyclic) bond motifs is 1. The molecule has 2 aromatic heterocycles. The molecule has 0 aliphatic rings. The van der Waals surface area contributed by atoms with E-state index < -0.39 is 0 Å². The number of aromatic nitrogens is 4. The highest BCUT2D eigenvalue weighted by atomic mass is 15.3. The van der Waals surface area contributed by atoms with Crippen molar-refractivity contribution in [1.82, 2.24) is 20.2 Å². The molecule has 1 atom stereocenters. The molecule has 1 unspecified atom stereocenters. The molecular formula is C11H19N7. The van der Waals surface area contributed by atoms with Crippen molar-refractivity contribution in [2.75, 3.05) is 10.7 Å². The summed E-state index contributed by atoms with van der Waals surface area (Å²) in [6.07, 6.45) is 1.70. The van der Waals surface area contributed by atoms with Crippen molar-refractivity contribution in [3.63, 3.8) is 0 Å². The number of nitrogens with two attached hydrogens (primary N) is 1. The third-order valence-electron chi connectivity index (χ3n) is 3.09. The number of nitrogen functional groups attached to an aromatic ring is 1. The van der Waals surface area contributed by atoms with Crippen molar-refractivity contribution in [1.29, 1.82) is 0 Å². The van der Waals surface area contributed by atoms with Crippen molar-refractivity contribution in [3.05, 3.63) is 6.20 Å². The van der Waals surface area contributed by atoms with E-state index in [4.69, 9.17) is 5.84 Å². The Labute approximate surface area is 106 Å². The standard InChI is InChI=1S/C11H19N7/c1-6(11(2,3)4)14-8-7-5-13-18-9(7)16-10(15-8)17-12/h5-6H,12H2,1-4H3,(H3,13,14,15,16,17,18). The summed E-state index contributed by atoms with van der Waals surface area (Å²) in [5.74, 6) is 6.44. The maximum absolute atomic E-state index is 5.36. The molecule has 0 aliphatic heterocycles. The van der Waals surface area contributed by atoms with Crippen molar-refractivity contribution in [2.24, 2.45) is 11.3 Å². The maximum atomic E-state index is 5.36. The zero-order valence-corrected chi connectivity index (χ0v) is 11.1. The van der Waals surface area contributed by atoms with E-state index in [1.54, 1.807) is 6.20 Å². The predicted octanol–water partition coefficient (Wildman–Crippen LogP) is 1.48. The number of nitrogens with one attached hydrogen (secondary N) is 3. The maximum Gasteiger partial charge on any atom is 0.241 e. The fourth-order valence-corrected chi connectivity index (χ4v) is 1.43. The second-order valence-corrected chi connectivity index (χ2v) is 5.40. The van der Waals surface area contributed by atoms with E-state index >= 15 is 0 Å². The van der Waals surface area contributed by atoms with Gasteiger partial charge in [-0.1, -0.05) is 20.8 Å². The zero-order valence-electron chi connectivity index (χ0n) is 11.1. The summed E-state index contributed by atoms with van der Waals surface area (Å²) in [6.45, 7) is 8.62. The Kier molecular flexibility index (Phi) is 3.08. The quantitative estimate of drug-likeness (QED) is 0.485. The summed E-state index contributed by atoms with van der Waals surface area (Å²) in [6, 6.07) is 0.246. The van der Waals surface area contributed by atoms with Gasteiger partial charge in [-0.3, -0.25) is 10.5 Å². The fourth-order valence-electron chi connectivity index (χ4n) is 1.43. The van der Waals surface area contributed by atoms with Gasteiger partial charge in [0.05, 0.1) is 11.6 Å². The first-order valence-corrected chi connectivity index (χ1v) is 5.86. The molecule has 0 saturated carbocycles. The molecular weight excluding hydrogens is 230 g/mol. The van der Waals surface area contributed by atoms with Gasteiger partial charge in [0.15, 0.2) is 5.65 Å². The number of rotatable bonds is 3. The van der Waals surface area contributed by atoms with Gasteiger partial charge < -0.3 is 5.32 Å². The molecule has 98 valence electrons. The Hall–Kier alpha value is -1.89. The zero-order chi connectivity index (χ0) is 13.3. The van der Waals surface area contributed by atoms with Gasteiger partial charge in [0.2, 0.25) is 5.95 Å². The molecule has 5 N–H and O–H groups in total. The smallest absolute Gasteiger partial charge is 0.241 e. The average molecular weight is 249 g/mol. The van der Waals surface area contributed by atoms with Crippen LogP contribution in [0.1, 0.15) is 27.7 Å². The summed E-state index contributed by atoms with van der Waals surface area (Å²) in [5, 5.41) is 11.0. The molecule has 0 aromatic carbocycles. The minimum atomic E-state index is 0.122. The van der Waals surface area contributed by atoms with Crippen molar-refractivity contribution < 1.29 is 0 Å². The first-order valence-electron chi connectivity index (χ1n) is 5.86. The van der Waals surface area contributed by atoms with E-state index in [0.29, 0.717) is 11.6 Å². The van der Waals surface area contributed by atoms with E-state index in [9.17, 15) is 0 Å². The lowest BCUT2D eigenvalue weighted by Crippen LogP contribution is -2.31. The molecule has 0 saturated heterocycles. The van der Waals surface area contributed by atoms with Crippen LogP contribution in [-0.4, -0.2) is 26.2 Å². The molecule has 2 rings (SSSR count). The molecule has 2 aromatic rings. The van der Waals surface area contributed by atoms with Crippen LogP contribution in [0.4, 0.5) is 11.8 Å². The number of hydrogen-bond acceptors (Lipinski definition) is 6. The summed E-state index contributed by atoms with van der Waals surface area (Å²) in [7, 11) is 0. The molecule has 0 bridgehead atoms. The Balaban J connectivity index is 2.40. The summed E-state index contributed by atoms with van der Waals surface area (Å²) >= 11 is 0. The van der Waals surface area contributed by atoms with Gasteiger partial charge in [-0.2, -0.15) is 15.1 Å². The third-order valence-corrected chi connectivity index (χ3v) is 3.09. The molecule has 7 nitrogen and oxygen atoms in total. The molecule has 0 amide bonds. The first-order chi connectivity index (χ1) is 8.41. The van der Waals surface area contributed by atoms with Gasteiger partial charge in [-0.25, -0.2) is 5.84 Å². The highest BCUT2D eigenvalue weighted by Gasteiger charge is 2.21. The molecule has 18 heavy (non-hydrogen) atoms. The van der Waals surface area contributed by atoms with E-state index in [2.05, 4.69) is 58.6 Å². The van der Waals surface area contributed by atoms with Crippen LogP contribution < -0.4 is 16.6 Å². The third kappa shape index (κ3) is 2.35. The SMILES string of the molecule is CC(Nc1nc(NN)nc2[nH]ncc12)C(C)(C)C. The summed E-state index contributed by atoms with van der Waals surface area (Å²) in [4.78, 5) is 8.51. The van der Waals surface area contributed by atoms with Gasteiger partial charge in [-0.05, 0) is 12.3 Å². The second kappa shape index (κ2) is 4.41. The lowest BCUT2D eigenvalue weighted by atomic mass is 9.88.